The molecule has 1 amide bonds. The molecule has 2 aliphatic heterocycles. The summed E-state index contributed by atoms with van der Waals surface area (Å²) < 4.78 is 5.58. The fraction of sp³-hybridized carbons (Fsp3) is 0.909. The molecule has 168 valence electrons. The van der Waals surface area contributed by atoms with Crippen LogP contribution in [0.5, 0.6) is 0 Å². The number of rotatable bonds is 9. The molecular formula is C22H43N5O2. The molecule has 0 aromatic rings. The van der Waals surface area contributed by atoms with Crippen LogP contribution in [0.15, 0.2) is 4.99 Å². The van der Waals surface area contributed by atoms with Gasteiger partial charge < -0.3 is 20.3 Å². The highest BCUT2D eigenvalue weighted by molar-refractivity contribution is 5.80. The molecule has 0 bridgehead atoms. The summed E-state index contributed by atoms with van der Waals surface area (Å²) in [5.41, 5.74) is 0. The lowest BCUT2D eigenvalue weighted by molar-refractivity contribution is -0.121. The molecule has 0 spiro atoms. The van der Waals surface area contributed by atoms with E-state index in [1.165, 1.54) is 12.8 Å². The molecule has 2 heterocycles. The van der Waals surface area contributed by atoms with Gasteiger partial charge in [0.05, 0.1) is 19.8 Å². The van der Waals surface area contributed by atoms with E-state index in [1.807, 2.05) is 0 Å². The van der Waals surface area contributed by atoms with Crippen molar-refractivity contribution in [2.45, 2.75) is 58.9 Å². The molecule has 29 heavy (non-hydrogen) atoms. The monoisotopic (exact) mass is 409 g/mol. The van der Waals surface area contributed by atoms with Gasteiger partial charge in [-0.2, -0.15) is 0 Å². The van der Waals surface area contributed by atoms with Gasteiger partial charge in [0, 0.05) is 52.2 Å². The number of nitrogens with zero attached hydrogens (tertiary/aromatic N) is 3. The molecule has 7 heteroatoms. The highest BCUT2D eigenvalue weighted by Crippen LogP contribution is 2.22. The first-order valence-corrected chi connectivity index (χ1v) is 11.7. The quantitative estimate of drug-likeness (QED) is 0.450. The van der Waals surface area contributed by atoms with Crippen LogP contribution < -0.4 is 10.6 Å². The largest absolute Gasteiger partial charge is 0.379 e. The SMILES string of the molecule is CCNC(=NCC(C(CC)CC)N1CCOCC1)N1CCC(CC(=O)NC)CC1. The van der Waals surface area contributed by atoms with Gasteiger partial charge in [0.2, 0.25) is 5.91 Å². The standard InChI is InChI=1S/C22H43N5O2/c1-5-19(6-2)20(26-12-14-29-15-13-26)17-25-22(24-7-3)27-10-8-18(9-11-27)16-21(28)23-4/h18-20H,5-17H2,1-4H3,(H,23,28)(H,24,25). The minimum Gasteiger partial charge on any atom is -0.379 e. The smallest absolute Gasteiger partial charge is 0.220 e. The Morgan fingerprint density at radius 2 is 1.76 bits per heavy atom. The van der Waals surface area contributed by atoms with Crippen molar-refractivity contribution in [2.24, 2.45) is 16.8 Å². The van der Waals surface area contributed by atoms with Gasteiger partial charge in [0.25, 0.3) is 0 Å². The normalized spacial score (nSPS) is 20.7. The molecule has 0 aromatic heterocycles. The molecule has 2 saturated heterocycles. The summed E-state index contributed by atoms with van der Waals surface area (Å²) in [5.74, 6) is 2.34. The maximum Gasteiger partial charge on any atom is 0.220 e. The molecule has 2 N–H and O–H groups in total. The first kappa shape index (κ1) is 23.9. The van der Waals surface area contributed by atoms with Gasteiger partial charge in [0.1, 0.15) is 0 Å². The maximum atomic E-state index is 11.7. The van der Waals surface area contributed by atoms with Gasteiger partial charge in [-0.1, -0.05) is 26.7 Å². The number of likely N-dealkylation sites (tertiary alicyclic amines) is 1. The summed E-state index contributed by atoms with van der Waals surface area (Å²) in [6, 6.07) is 0.480. The molecule has 1 unspecified atom stereocenters. The second-order valence-electron chi connectivity index (χ2n) is 8.29. The number of guanidine groups is 1. The number of ether oxygens (including phenoxy) is 1. The summed E-state index contributed by atoms with van der Waals surface area (Å²) >= 11 is 0. The minimum atomic E-state index is 0.155. The lowest BCUT2D eigenvalue weighted by Crippen LogP contribution is -2.50. The predicted molar refractivity (Wildman–Crippen MR) is 119 cm³/mol. The van der Waals surface area contributed by atoms with E-state index in [4.69, 9.17) is 9.73 Å². The van der Waals surface area contributed by atoms with Gasteiger partial charge >= 0.3 is 0 Å². The van der Waals surface area contributed by atoms with Crippen LogP contribution in [-0.2, 0) is 9.53 Å². The molecule has 2 rings (SSSR count). The fourth-order valence-corrected chi connectivity index (χ4v) is 4.62. The summed E-state index contributed by atoms with van der Waals surface area (Å²) in [5, 5.41) is 6.26. The van der Waals surface area contributed by atoms with Crippen molar-refractivity contribution in [3.05, 3.63) is 0 Å². The molecule has 2 fully saturated rings. The maximum absolute atomic E-state index is 11.7. The zero-order valence-electron chi connectivity index (χ0n) is 19.1. The van der Waals surface area contributed by atoms with Crippen LogP contribution in [0.25, 0.3) is 0 Å². The first-order valence-electron chi connectivity index (χ1n) is 11.7. The molecule has 0 radical (unpaired) electrons. The van der Waals surface area contributed by atoms with Crippen LogP contribution in [0.4, 0.5) is 0 Å². The van der Waals surface area contributed by atoms with Crippen molar-refractivity contribution in [1.29, 1.82) is 0 Å². The molecule has 0 aromatic carbocycles. The van der Waals surface area contributed by atoms with E-state index >= 15 is 0 Å². The number of aliphatic imine (C=N–C) groups is 1. The van der Waals surface area contributed by atoms with Crippen molar-refractivity contribution in [2.75, 3.05) is 59.5 Å². The average molecular weight is 410 g/mol. The van der Waals surface area contributed by atoms with Crippen molar-refractivity contribution in [3.8, 4) is 0 Å². The molecule has 0 saturated carbocycles. The summed E-state index contributed by atoms with van der Waals surface area (Å²) in [6.07, 6.45) is 5.13. The number of hydrogen-bond acceptors (Lipinski definition) is 4. The fourth-order valence-electron chi connectivity index (χ4n) is 4.62. The third-order valence-electron chi connectivity index (χ3n) is 6.54. The number of hydrogen-bond donors (Lipinski definition) is 2. The van der Waals surface area contributed by atoms with E-state index in [-0.39, 0.29) is 5.91 Å². The van der Waals surface area contributed by atoms with Crippen molar-refractivity contribution in [1.82, 2.24) is 20.4 Å². The summed E-state index contributed by atoms with van der Waals surface area (Å²) in [7, 11) is 1.72. The van der Waals surface area contributed by atoms with Gasteiger partial charge in [0.15, 0.2) is 5.96 Å². The Labute approximate surface area is 177 Å². The van der Waals surface area contributed by atoms with Gasteiger partial charge in [-0.15, -0.1) is 0 Å². The Hall–Kier alpha value is -1.34. The second-order valence-corrected chi connectivity index (χ2v) is 8.29. The molecule has 2 aliphatic rings. The van der Waals surface area contributed by atoms with Crippen molar-refractivity contribution >= 4 is 11.9 Å². The Balaban J connectivity index is 2.00. The molecule has 1 atom stereocenters. The average Bonchev–Trinajstić information content (AvgIpc) is 2.77. The van der Waals surface area contributed by atoms with Crippen LogP contribution in [0.3, 0.4) is 0 Å². The number of morpholine rings is 1. The van der Waals surface area contributed by atoms with E-state index in [0.29, 0.717) is 24.3 Å². The molecular weight excluding hydrogens is 366 g/mol. The number of amides is 1. The zero-order valence-corrected chi connectivity index (χ0v) is 19.1. The van der Waals surface area contributed by atoms with Gasteiger partial charge in [-0.25, -0.2) is 0 Å². The van der Waals surface area contributed by atoms with E-state index in [9.17, 15) is 4.79 Å². The Bertz CT molecular complexity index is 495. The minimum absolute atomic E-state index is 0.155. The van der Waals surface area contributed by atoms with Crippen LogP contribution in [-0.4, -0.2) is 87.2 Å². The predicted octanol–water partition coefficient (Wildman–Crippen LogP) is 1.94. The Morgan fingerprint density at radius 1 is 1.10 bits per heavy atom. The topological polar surface area (TPSA) is 69.2 Å². The summed E-state index contributed by atoms with van der Waals surface area (Å²) in [4.78, 5) is 21.7. The number of carbonyl (C=O) groups excluding carboxylic acids is 1. The van der Waals surface area contributed by atoms with Crippen LogP contribution in [0.1, 0.15) is 52.9 Å². The van der Waals surface area contributed by atoms with E-state index < -0.39 is 0 Å². The van der Waals surface area contributed by atoms with Crippen molar-refractivity contribution < 1.29 is 9.53 Å². The van der Waals surface area contributed by atoms with Crippen molar-refractivity contribution in [3.63, 3.8) is 0 Å². The van der Waals surface area contributed by atoms with Crippen LogP contribution in [0.2, 0.25) is 0 Å². The van der Waals surface area contributed by atoms with Gasteiger partial charge in [-0.3, -0.25) is 14.7 Å². The van der Waals surface area contributed by atoms with Gasteiger partial charge in [-0.05, 0) is 31.6 Å². The summed E-state index contributed by atoms with van der Waals surface area (Å²) in [6.45, 7) is 14.1. The Morgan fingerprint density at radius 3 is 2.31 bits per heavy atom. The highest BCUT2D eigenvalue weighted by Gasteiger charge is 2.28. The number of nitrogens with one attached hydrogen (secondary N) is 2. The zero-order chi connectivity index (χ0) is 21.1. The first-order chi connectivity index (χ1) is 14.1. The van der Waals surface area contributed by atoms with Crippen LogP contribution >= 0.6 is 0 Å². The lowest BCUT2D eigenvalue weighted by Gasteiger charge is -2.38. The molecule has 7 nitrogen and oxygen atoms in total. The molecule has 0 aliphatic carbocycles. The second kappa shape index (κ2) is 13.1. The Kier molecular flexibility index (Phi) is 10.8. The third kappa shape index (κ3) is 7.45. The lowest BCUT2D eigenvalue weighted by atomic mass is 9.92. The number of piperidine rings is 1. The van der Waals surface area contributed by atoms with E-state index in [1.54, 1.807) is 7.05 Å². The van der Waals surface area contributed by atoms with E-state index in [0.717, 1.165) is 71.3 Å². The highest BCUT2D eigenvalue weighted by atomic mass is 16.5. The van der Waals surface area contributed by atoms with E-state index in [2.05, 4.69) is 41.2 Å². The van der Waals surface area contributed by atoms with Crippen LogP contribution in [0, 0.1) is 11.8 Å². The number of carbonyl (C=O) groups is 1. The third-order valence-corrected chi connectivity index (χ3v) is 6.54.